The Labute approximate surface area is 137 Å². The van der Waals surface area contributed by atoms with E-state index in [-0.39, 0.29) is 11.8 Å². The van der Waals surface area contributed by atoms with Crippen LogP contribution in [-0.2, 0) is 16.1 Å². The van der Waals surface area contributed by atoms with Crippen LogP contribution in [0.4, 0.5) is 11.1 Å². The van der Waals surface area contributed by atoms with Crippen molar-refractivity contribution in [2.75, 3.05) is 30.4 Å². The first-order valence-corrected chi connectivity index (χ1v) is 8.22. The number of amides is 1. The van der Waals surface area contributed by atoms with E-state index in [1.807, 2.05) is 4.90 Å². The van der Waals surface area contributed by atoms with E-state index in [9.17, 15) is 4.79 Å². The molecule has 3 rings (SSSR count). The standard InChI is InChI=1S/C14H18N6O2S/c1-22-9-11-18-19-14(23-11)17-12(21)10-4-2-7-20(8-10)13-15-5-3-6-16-13/h3,5-6,10H,2,4,7-9H2,1H3,(H,17,19,21)/t10-/m1/s1. The number of aromatic nitrogens is 4. The number of hydrogen-bond acceptors (Lipinski definition) is 8. The van der Waals surface area contributed by atoms with Crippen molar-refractivity contribution in [2.24, 2.45) is 5.92 Å². The van der Waals surface area contributed by atoms with Gasteiger partial charge in [0.1, 0.15) is 11.6 Å². The van der Waals surface area contributed by atoms with Crippen LogP contribution < -0.4 is 10.2 Å². The molecule has 122 valence electrons. The van der Waals surface area contributed by atoms with Crippen LogP contribution in [0.1, 0.15) is 17.8 Å². The van der Waals surface area contributed by atoms with E-state index in [2.05, 4.69) is 25.5 Å². The maximum Gasteiger partial charge on any atom is 0.231 e. The van der Waals surface area contributed by atoms with Gasteiger partial charge in [0.25, 0.3) is 0 Å². The van der Waals surface area contributed by atoms with Gasteiger partial charge < -0.3 is 15.0 Å². The number of rotatable bonds is 5. The molecular weight excluding hydrogens is 316 g/mol. The number of methoxy groups -OCH3 is 1. The molecule has 0 spiro atoms. The minimum atomic E-state index is -0.109. The fraction of sp³-hybridized carbons (Fsp3) is 0.500. The molecule has 1 saturated heterocycles. The summed E-state index contributed by atoms with van der Waals surface area (Å²) in [5.41, 5.74) is 0. The summed E-state index contributed by atoms with van der Waals surface area (Å²) in [5.74, 6) is 0.524. The Morgan fingerprint density at radius 2 is 2.26 bits per heavy atom. The van der Waals surface area contributed by atoms with Crippen molar-refractivity contribution in [3.05, 3.63) is 23.5 Å². The van der Waals surface area contributed by atoms with E-state index in [0.29, 0.717) is 24.2 Å². The van der Waals surface area contributed by atoms with Crippen molar-refractivity contribution in [2.45, 2.75) is 19.4 Å². The summed E-state index contributed by atoms with van der Waals surface area (Å²) < 4.78 is 5.00. The second-order valence-electron chi connectivity index (χ2n) is 5.26. The van der Waals surface area contributed by atoms with Gasteiger partial charge in [-0.15, -0.1) is 10.2 Å². The smallest absolute Gasteiger partial charge is 0.231 e. The zero-order chi connectivity index (χ0) is 16.1. The monoisotopic (exact) mass is 334 g/mol. The fourth-order valence-electron chi connectivity index (χ4n) is 2.52. The summed E-state index contributed by atoms with van der Waals surface area (Å²) >= 11 is 1.33. The maximum absolute atomic E-state index is 12.4. The van der Waals surface area contributed by atoms with E-state index in [1.54, 1.807) is 25.6 Å². The van der Waals surface area contributed by atoms with Crippen LogP contribution >= 0.6 is 11.3 Å². The summed E-state index contributed by atoms with van der Waals surface area (Å²) in [6.45, 7) is 1.88. The largest absolute Gasteiger partial charge is 0.377 e. The molecule has 0 radical (unpaired) electrons. The molecule has 23 heavy (non-hydrogen) atoms. The van der Waals surface area contributed by atoms with Gasteiger partial charge in [-0.3, -0.25) is 4.79 Å². The lowest BCUT2D eigenvalue weighted by molar-refractivity contribution is -0.120. The first-order valence-electron chi connectivity index (χ1n) is 7.40. The minimum Gasteiger partial charge on any atom is -0.377 e. The highest BCUT2D eigenvalue weighted by Crippen LogP contribution is 2.22. The lowest BCUT2D eigenvalue weighted by Gasteiger charge is -2.31. The molecule has 0 bridgehead atoms. The summed E-state index contributed by atoms with van der Waals surface area (Å²) in [5, 5.41) is 12.0. The van der Waals surface area contributed by atoms with E-state index in [4.69, 9.17) is 4.74 Å². The average Bonchev–Trinajstić information content (AvgIpc) is 3.03. The molecule has 1 fully saturated rings. The highest BCUT2D eigenvalue weighted by molar-refractivity contribution is 7.15. The summed E-state index contributed by atoms with van der Waals surface area (Å²) in [7, 11) is 1.60. The van der Waals surface area contributed by atoms with Gasteiger partial charge in [0.05, 0.1) is 5.92 Å². The van der Waals surface area contributed by atoms with Crippen molar-refractivity contribution in [3.8, 4) is 0 Å². The highest BCUT2D eigenvalue weighted by atomic mass is 32.1. The Kier molecular flexibility index (Phi) is 5.09. The number of piperidine rings is 1. The molecule has 9 heteroatoms. The molecule has 1 aliphatic rings. The van der Waals surface area contributed by atoms with Crippen molar-refractivity contribution < 1.29 is 9.53 Å². The third kappa shape index (κ3) is 3.99. The predicted octanol–water partition coefficient (Wildman–Crippen LogP) is 1.33. The molecule has 0 unspecified atom stereocenters. The number of nitrogens with one attached hydrogen (secondary N) is 1. The number of hydrogen-bond donors (Lipinski definition) is 1. The van der Waals surface area contributed by atoms with E-state index in [1.165, 1.54) is 11.3 Å². The normalized spacial score (nSPS) is 18.0. The van der Waals surface area contributed by atoms with Gasteiger partial charge >= 0.3 is 0 Å². The Hall–Kier alpha value is -2.13. The van der Waals surface area contributed by atoms with Gasteiger partial charge in [-0.25, -0.2) is 9.97 Å². The molecule has 0 saturated carbocycles. The molecule has 8 nitrogen and oxygen atoms in total. The van der Waals surface area contributed by atoms with Crippen LogP contribution in [-0.4, -0.2) is 46.3 Å². The number of anilines is 2. The molecule has 0 aromatic carbocycles. The Bertz CT molecular complexity index is 650. The molecule has 1 aliphatic heterocycles. The molecular formula is C14H18N6O2S. The Morgan fingerprint density at radius 1 is 1.43 bits per heavy atom. The Morgan fingerprint density at radius 3 is 3.04 bits per heavy atom. The van der Waals surface area contributed by atoms with E-state index < -0.39 is 0 Å². The van der Waals surface area contributed by atoms with Gasteiger partial charge in [0.2, 0.25) is 17.0 Å². The zero-order valence-electron chi connectivity index (χ0n) is 12.8. The quantitative estimate of drug-likeness (QED) is 0.881. The van der Waals surface area contributed by atoms with Gasteiger partial charge in [0, 0.05) is 32.6 Å². The lowest BCUT2D eigenvalue weighted by atomic mass is 9.97. The summed E-state index contributed by atoms with van der Waals surface area (Å²) in [4.78, 5) is 23.0. The molecule has 0 aliphatic carbocycles. The zero-order valence-corrected chi connectivity index (χ0v) is 13.6. The number of carbonyl (C=O) groups excluding carboxylic acids is 1. The molecule has 2 aromatic heterocycles. The van der Waals surface area contributed by atoms with Crippen LogP contribution in [0, 0.1) is 5.92 Å². The van der Waals surface area contributed by atoms with Gasteiger partial charge in [0.15, 0.2) is 0 Å². The van der Waals surface area contributed by atoms with Gasteiger partial charge in [-0.05, 0) is 18.9 Å². The lowest BCUT2D eigenvalue weighted by Crippen LogP contribution is -2.41. The van der Waals surface area contributed by atoms with E-state index >= 15 is 0 Å². The van der Waals surface area contributed by atoms with Crippen LogP contribution in [0.2, 0.25) is 0 Å². The first kappa shape index (κ1) is 15.8. The fourth-order valence-corrected chi connectivity index (χ4v) is 3.24. The van der Waals surface area contributed by atoms with Crippen LogP contribution in [0.25, 0.3) is 0 Å². The SMILES string of the molecule is COCc1nnc(NC(=O)[C@@H]2CCCN(c3ncccn3)C2)s1. The first-order chi connectivity index (χ1) is 11.3. The van der Waals surface area contributed by atoms with E-state index in [0.717, 1.165) is 24.4 Å². The van der Waals surface area contributed by atoms with Crippen LogP contribution in [0.3, 0.4) is 0 Å². The van der Waals surface area contributed by atoms with Crippen LogP contribution in [0.5, 0.6) is 0 Å². The number of carbonyl (C=O) groups is 1. The third-order valence-corrected chi connectivity index (χ3v) is 4.40. The second kappa shape index (κ2) is 7.42. The van der Waals surface area contributed by atoms with Gasteiger partial charge in [-0.2, -0.15) is 0 Å². The molecule has 1 atom stereocenters. The second-order valence-corrected chi connectivity index (χ2v) is 6.32. The summed E-state index contributed by atoms with van der Waals surface area (Å²) in [6.07, 6.45) is 5.20. The minimum absolute atomic E-state index is 0.0363. The topological polar surface area (TPSA) is 93.1 Å². The third-order valence-electron chi connectivity index (χ3n) is 3.59. The predicted molar refractivity (Wildman–Crippen MR) is 86.2 cm³/mol. The average molecular weight is 334 g/mol. The highest BCUT2D eigenvalue weighted by Gasteiger charge is 2.27. The van der Waals surface area contributed by atoms with Gasteiger partial charge in [-0.1, -0.05) is 11.3 Å². The Balaban J connectivity index is 1.60. The van der Waals surface area contributed by atoms with Crippen molar-refractivity contribution >= 4 is 28.3 Å². The summed E-state index contributed by atoms with van der Waals surface area (Å²) in [6, 6.07) is 1.78. The van der Waals surface area contributed by atoms with Crippen molar-refractivity contribution in [1.82, 2.24) is 20.2 Å². The van der Waals surface area contributed by atoms with Crippen LogP contribution in [0.15, 0.2) is 18.5 Å². The molecule has 1 amide bonds. The molecule has 1 N–H and O–H groups in total. The number of nitrogens with zero attached hydrogens (tertiary/aromatic N) is 5. The maximum atomic E-state index is 12.4. The molecule has 3 heterocycles. The molecule has 2 aromatic rings. The number of ether oxygens (including phenoxy) is 1. The van der Waals surface area contributed by atoms with Crippen molar-refractivity contribution in [1.29, 1.82) is 0 Å². The van der Waals surface area contributed by atoms with Crippen molar-refractivity contribution in [3.63, 3.8) is 0 Å².